The van der Waals surface area contributed by atoms with Gasteiger partial charge in [-0.15, -0.1) is 0 Å². The summed E-state index contributed by atoms with van der Waals surface area (Å²) in [6.07, 6.45) is -1.21. The summed E-state index contributed by atoms with van der Waals surface area (Å²) in [6, 6.07) is 5.45. The molecule has 0 spiro atoms. The number of hydrogen-bond acceptors (Lipinski definition) is 4. The Hall–Kier alpha value is -1.90. The molecule has 1 aliphatic heterocycles. The highest BCUT2D eigenvalue weighted by atomic mass is 35.5. The molecule has 3 heterocycles. The summed E-state index contributed by atoms with van der Waals surface area (Å²) < 4.78 is 40.5. The van der Waals surface area contributed by atoms with Gasteiger partial charge in [-0.3, -0.25) is 4.90 Å². The van der Waals surface area contributed by atoms with E-state index in [0.29, 0.717) is 28.9 Å². The monoisotopic (exact) mass is 412 g/mol. The largest absolute Gasteiger partial charge is 0.406 e. The van der Waals surface area contributed by atoms with Gasteiger partial charge in [0.2, 0.25) is 0 Å². The number of piperidine rings is 1. The molecule has 1 aromatic carbocycles. The smallest absolute Gasteiger partial charge is 0.396 e. The van der Waals surface area contributed by atoms with E-state index >= 15 is 0 Å². The first-order valence-electron chi connectivity index (χ1n) is 9.17. The maximum atomic E-state index is 13.1. The Kier molecular flexibility index (Phi) is 5.20. The molecular formula is C19H20ClF3N4O. The molecule has 150 valence electrons. The lowest BCUT2D eigenvalue weighted by Crippen LogP contribution is -2.34. The fourth-order valence-corrected chi connectivity index (χ4v) is 4.18. The lowest BCUT2D eigenvalue weighted by Gasteiger charge is -2.31. The molecule has 1 N–H and O–H groups in total. The van der Waals surface area contributed by atoms with Crippen molar-refractivity contribution in [1.29, 1.82) is 0 Å². The number of aliphatic hydroxyl groups excluding tert-OH is 1. The first-order chi connectivity index (χ1) is 13.4. The maximum Gasteiger partial charge on any atom is 0.406 e. The number of hydrogen-bond donors (Lipinski definition) is 1. The van der Waals surface area contributed by atoms with Crippen molar-refractivity contribution in [3.05, 3.63) is 35.2 Å². The number of rotatable bonds is 4. The minimum absolute atomic E-state index is 0.0121. The number of benzene rings is 1. The van der Waals surface area contributed by atoms with Crippen LogP contribution in [-0.4, -0.2) is 50.4 Å². The Morgan fingerprint density at radius 2 is 1.93 bits per heavy atom. The number of aliphatic hydroxyl groups is 1. The third-order valence-electron chi connectivity index (χ3n) is 5.36. The Bertz CT molecular complexity index is 996. The lowest BCUT2D eigenvalue weighted by atomic mass is 9.97. The van der Waals surface area contributed by atoms with Gasteiger partial charge in [-0.2, -0.15) is 13.2 Å². The molecule has 4 rings (SSSR count). The molecule has 0 radical (unpaired) electrons. The lowest BCUT2D eigenvalue weighted by molar-refractivity contribution is -0.139. The van der Waals surface area contributed by atoms with E-state index in [9.17, 15) is 18.3 Å². The van der Waals surface area contributed by atoms with E-state index in [2.05, 4.69) is 14.9 Å². The number of fused-ring (bicyclic) bond motifs is 3. The molecule has 0 amide bonds. The molecule has 1 aliphatic rings. The van der Waals surface area contributed by atoms with Gasteiger partial charge in [0, 0.05) is 18.5 Å². The van der Waals surface area contributed by atoms with Crippen LogP contribution in [0.4, 0.5) is 13.2 Å². The number of nitrogens with zero attached hydrogens (tertiary/aromatic N) is 4. The second-order valence-electron chi connectivity index (χ2n) is 7.32. The molecule has 9 heteroatoms. The Morgan fingerprint density at radius 3 is 2.61 bits per heavy atom. The fourth-order valence-electron chi connectivity index (χ4n) is 3.95. The third kappa shape index (κ3) is 3.81. The van der Waals surface area contributed by atoms with Gasteiger partial charge in [0.25, 0.3) is 0 Å². The van der Waals surface area contributed by atoms with Crippen molar-refractivity contribution >= 4 is 33.5 Å². The zero-order valence-electron chi connectivity index (χ0n) is 15.1. The minimum Gasteiger partial charge on any atom is -0.396 e. The van der Waals surface area contributed by atoms with Crippen LogP contribution in [0.5, 0.6) is 0 Å². The van der Waals surface area contributed by atoms with Gasteiger partial charge in [-0.05, 0) is 49.5 Å². The average Bonchev–Trinajstić information content (AvgIpc) is 2.95. The summed E-state index contributed by atoms with van der Waals surface area (Å²) in [7, 11) is 0. The summed E-state index contributed by atoms with van der Waals surface area (Å²) in [5.74, 6) is 0.359. The molecule has 3 aromatic rings. The van der Waals surface area contributed by atoms with E-state index in [1.807, 2.05) is 12.1 Å². The minimum atomic E-state index is -4.38. The van der Waals surface area contributed by atoms with Crippen molar-refractivity contribution in [2.24, 2.45) is 5.92 Å². The van der Waals surface area contributed by atoms with Gasteiger partial charge in [0.15, 0.2) is 5.15 Å². The molecule has 1 saturated heterocycles. The van der Waals surface area contributed by atoms with Crippen LogP contribution >= 0.6 is 11.6 Å². The van der Waals surface area contributed by atoms with Crippen molar-refractivity contribution in [2.45, 2.75) is 32.1 Å². The first-order valence-corrected chi connectivity index (χ1v) is 9.55. The first kappa shape index (κ1) is 19.4. The maximum absolute atomic E-state index is 13.1. The predicted octanol–water partition coefficient (Wildman–Crippen LogP) is 4.00. The van der Waals surface area contributed by atoms with Crippen LogP contribution in [0.1, 0.15) is 18.4 Å². The summed E-state index contributed by atoms with van der Waals surface area (Å²) in [5, 5.41) is 9.92. The molecular weight excluding hydrogens is 393 g/mol. The molecule has 5 nitrogen and oxygen atoms in total. The molecule has 0 unspecified atom stereocenters. The quantitative estimate of drug-likeness (QED) is 0.658. The highest BCUT2D eigenvalue weighted by Crippen LogP contribution is 2.34. The van der Waals surface area contributed by atoms with E-state index in [0.717, 1.165) is 36.1 Å². The topological polar surface area (TPSA) is 54.2 Å². The van der Waals surface area contributed by atoms with Gasteiger partial charge in [0.1, 0.15) is 23.9 Å². The standard InChI is InChI=1S/C19H20ClF3N4O/c20-18-17-16(24-11-25-18)14-7-13(8-26-5-3-12(9-28)4-6-26)1-2-15(14)27(17)10-19(21,22)23/h1-2,7,11-12,28H,3-6,8-10H2. The van der Waals surface area contributed by atoms with Gasteiger partial charge < -0.3 is 9.67 Å². The third-order valence-corrected chi connectivity index (χ3v) is 5.64. The van der Waals surface area contributed by atoms with Crippen molar-refractivity contribution < 1.29 is 18.3 Å². The van der Waals surface area contributed by atoms with Crippen molar-refractivity contribution in [1.82, 2.24) is 19.4 Å². The summed E-state index contributed by atoms with van der Waals surface area (Å²) in [4.78, 5) is 10.4. The second-order valence-corrected chi connectivity index (χ2v) is 7.67. The van der Waals surface area contributed by atoms with Crippen LogP contribution < -0.4 is 0 Å². The Morgan fingerprint density at radius 1 is 1.18 bits per heavy atom. The number of likely N-dealkylation sites (tertiary alicyclic amines) is 1. The molecule has 2 aromatic heterocycles. The van der Waals surface area contributed by atoms with E-state index < -0.39 is 12.7 Å². The van der Waals surface area contributed by atoms with E-state index in [-0.39, 0.29) is 17.3 Å². The van der Waals surface area contributed by atoms with Gasteiger partial charge in [-0.1, -0.05) is 17.7 Å². The average molecular weight is 413 g/mol. The van der Waals surface area contributed by atoms with Gasteiger partial charge in [-0.25, -0.2) is 9.97 Å². The van der Waals surface area contributed by atoms with Crippen LogP contribution in [0.3, 0.4) is 0 Å². The molecule has 0 saturated carbocycles. The highest BCUT2D eigenvalue weighted by Gasteiger charge is 2.31. The van der Waals surface area contributed by atoms with E-state index in [1.54, 1.807) is 6.07 Å². The van der Waals surface area contributed by atoms with Gasteiger partial charge >= 0.3 is 6.18 Å². The normalized spacial score (nSPS) is 17.0. The number of aromatic nitrogens is 3. The van der Waals surface area contributed by atoms with Crippen molar-refractivity contribution in [3.63, 3.8) is 0 Å². The fraction of sp³-hybridized carbons (Fsp3) is 0.474. The number of halogens is 4. The number of alkyl halides is 3. The molecule has 0 aliphatic carbocycles. The van der Waals surface area contributed by atoms with Crippen LogP contribution in [0.2, 0.25) is 5.15 Å². The van der Waals surface area contributed by atoms with Crippen molar-refractivity contribution in [2.75, 3.05) is 19.7 Å². The highest BCUT2D eigenvalue weighted by molar-refractivity contribution is 6.34. The SMILES string of the molecule is OCC1CCN(Cc2ccc3c(c2)c2ncnc(Cl)c2n3CC(F)(F)F)CC1. The Labute approximate surface area is 164 Å². The Balaban J connectivity index is 1.71. The van der Waals surface area contributed by atoms with Crippen LogP contribution in [-0.2, 0) is 13.1 Å². The predicted molar refractivity (Wildman–Crippen MR) is 101 cm³/mol. The summed E-state index contributed by atoms with van der Waals surface area (Å²) in [6.45, 7) is 1.58. The molecule has 1 fully saturated rings. The van der Waals surface area contributed by atoms with Crippen LogP contribution in [0, 0.1) is 5.92 Å². The van der Waals surface area contributed by atoms with Gasteiger partial charge in [0.05, 0.1) is 5.52 Å². The summed E-state index contributed by atoms with van der Waals surface area (Å²) in [5.41, 5.74) is 2.09. The zero-order valence-corrected chi connectivity index (χ0v) is 15.8. The molecule has 0 bridgehead atoms. The van der Waals surface area contributed by atoms with E-state index in [1.165, 1.54) is 6.33 Å². The second kappa shape index (κ2) is 7.50. The van der Waals surface area contributed by atoms with E-state index in [4.69, 9.17) is 11.6 Å². The van der Waals surface area contributed by atoms with Crippen molar-refractivity contribution in [3.8, 4) is 0 Å². The molecule has 0 atom stereocenters. The molecule has 28 heavy (non-hydrogen) atoms. The summed E-state index contributed by atoms with van der Waals surface area (Å²) >= 11 is 6.12. The van der Waals surface area contributed by atoms with Crippen LogP contribution in [0.15, 0.2) is 24.5 Å². The van der Waals surface area contributed by atoms with Crippen LogP contribution in [0.25, 0.3) is 21.9 Å². The zero-order chi connectivity index (χ0) is 19.9.